The minimum Gasteiger partial charge on any atom is -0.324 e. The van der Waals surface area contributed by atoms with Crippen LogP contribution in [0.1, 0.15) is 49.7 Å². The van der Waals surface area contributed by atoms with Crippen LogP contribution >= 0.6 is 11.6 Å². The molecule has 176 valence electrons. The van der Waals surface area contributed by atoms with Crippen molar-refractivity contribution in [3.63, 3.8) is 0 Å². The highest BCUT2D eigenvalue weighted by Gasteiger charge is 2.70. The summed E-state index contributed by atoms with van der Waals surface area (Å²) in [5.41, 5.74) is 1.08. The quantitative estimate of drug-likeness (QED) is 0.517. The number of amides is 3. The van der Waals surface area contributed by atoms with Crippen LogP contribution in [0.4, 0.5) is 5.69 Å². The molecule has 6 rings (SSSR count). The Balaban J connectivity index is 1.46. The minimum atomic E-state index is -1.30. The highest BCUT2D eigenvalue weighted by atomic mass is 35.5. The molecule has 3 aliphatic heterocycles. The number of carbonyl (C=O) groups excluding carboxylic acids is 3. The van der Waals surface area contributed by atoms with Crippen molar-refractivity contribution >= 4 is 35.0 Å². The van der Waals surface area contributed by atoms with Gasteiger partial charge in [-0.2, -0.15) is 0 Å². The molecule has 2 saturated heterocycles. The van der Waals surface area contributed by atoms with Gasteiger partial charge < -0.3 is 5.32 Å². The molecule has 3 fully saturated rings. The smallest absolute Gasteiger partial charge is 0.250 e. The molecule has 1 aliphatic carbocycles. The largest absolute Gasteiger partial charge is 0.324 e. The van der Waals surface area contributed by atoms with E-state index in [4.69, 9.17) is 11.6 Å². The number of anilines is 1. The molecule has 2 aromatic carbocycles. The fourth-order valence-corrected chi connectivity index (χ4v) is 6.89. The van der Waals surface area contributed by atoms with Crippen LogP contribution in [0, 0.1) is 11.8 Å². The summed E-state index contributed by atoms with van der Waals surface area (Å²) in [6.07, 6.45) is 6.56. The first-order valence-corrected chi connectivity index (χ1v) is 12.7. The summed E-state index contributed by atoms with van der Waals surface area (Å²) in [4.78, 5) is 43.1. The number of carbonyl (C=O) groups is 3. The zero-order valence-electron chi connectivity index (χ0n) is 18.9. The van der Waals surface area contributed by atoms with E-state index in [1.165, 1.54) is 4.90 Å². The first-order chi connectivity index (χ1) is 16.5. The van der Waals surface area contributed by atoms with Crippen LogP contribution in [0.2, 0.25) is 5.02 Å². The number of benzene rings is 2. The van der Waals surface area contributed by atoms with E-state index in [1.807, 2.05) is 30.3 Å². The predicted octanol–water partition coefficient (Wildman–Crippen LogP) is 4.03. The van der Waals surface area contributed by atoms with Crippen LogP contribution in [0.25, 0.3) is 0 Å². The zero-order chi connectivity index (χ0) is 23.4. The highest BCUT2D eigenvalue weighted by Crippen LogP contribution is 2.54. The molecule has 0 aromatic heterocycles. The van der Waals surface area contributed by atoms with E-state index in [2.05, 4.69) is 10.6 Å². The lowest BCUT2D eigenvalue weighted by Crippen LogP contribution is -2.54. The number of likely N-dealkylation sites (tertiary alicyclic amines) is 1. The van der Waals surface area contributed by atoms with E-state index in [1.54, 1.807) is 18.2 Å². The third-order valence-corrected chi connectivity index (χ3v) is 8.43. The Morgan fingerprint density at radius 2 is 1.68 bits per heavy atom. The summed E-state index contributed by atoms with van der Waals surface area (Å²) >= 11 is 6.35. The van der Waals surface area contributed by atoms with Crippen LogP contribution in [-0.2, 0) is 26.3 Å². The summed E-state index contributed by atoms with van der Waals surface area (Å²) in [7, 11) is 0. The minimum absolute atomic E-state index is 0.0779. The molecule has 4 atom stereocenters. The standard InChI is InChI=1S/C27H28ClN3O3/c28-17-12-13-20-19(15-17)27(26(34)29-20)23-22(21(30-27)14-16-8-4-3-5-9-16)24(32)31(25(23)33)18-10-6-1-2-7-11-18/h3-5,8-9,12-13,15,18,21-23,30H,1-2,6-7,10-11,14H2,(H,29,34)/t21-,22-,23+,27+/m1/s1. The summed E-state index contributed by atoms with van der Waals surface area (Å²) in [5, 5.41) is 6.96. The fraction of sp³-hybridized carbons (Fsp3) is 0.444. The van der Waals surface area contributed by atoms with Crippen molar-refractivity contribution in [1.82, 2.24) is 10.2 Å². The van der Waals surface area contributed by atoms with Crippen LogP contribution in [-0.4, -0.2) is 34.7 Å². The highest BCUT2D eigenvalue weighted by molar-refractivity contribution is 6.31. The van der Waals surface area contributed by atoms with Crippen molar-refractivity contribution in [2.75, 3.05) is 5.32 Å². The van der Waals surface area contributed by atoms with Crippen molar-refractivity contribution < 1.29 is 14.4 Å². The van der Waals surface area contributed by atoms with E-state index in [0.717, 1.165) is 44.1 Å². The number of nitrogens with one attached hydrogen (secondary N) is 2. The van der Waals surface area contributed by atoms with Crippen molar-refractivity contribution in [3.05, 3.63) is 64.7 Å². The summed E-state index contributed by atoms with van der Waals surface area (Å²) in [6.45, 7) is 0. The molecule has 34 heavy (non-hydrogen) atoms. The van der Waals surface area contributed by atoms with Crippen LogP contribution in [0.15, 0.2) is 48.5 Å². The zero-order valence-corrected chi connectivity index (χ0v) is 19.7. The van der Waals surface area contributed by atoms with E-state index in [9.17, 15) is 14.4 Å². The van der Waals surface area contributed by atoms with E-state index < -0.39 is 17.4 Å². The van der Waals surface area contributed by atoms with Crippen molar-refractivity contribution in [3.8, 4) is 0 Å². The first kappa shape index (κ1) is 21.8. The summed E-state index contributed by atoms with van der Waals surface area (Å²) in [5.74, 6) is -1.99. The SMILES string of the molecule is O=C1[C@H]2[C@@H](C(=O)N1C1CCCCCC1)[C@]1(N[C@@H]2Cc2ccccc2)C(=O)Nc2ccc(Cl)cc21. The Bertz CT molecular complexity index is 1160. The van der Waals surface area contributed by atoms with Gasteiger partial charge in [-0.1, -0.05) is 67.6 Å². The Labute approximate surface area is 204 Å². The van der Waals surface area contributed by atoms with Gasteiger partial charge in [0.1, 0.15) is 5.54 Å². The molecule has 0 radical (unpaired) electrons. The topological polar surface area (TPSA) is 78.5 Å². The Kier molecular flexibility index (Phi) is 5.26. The lowest BCUT2D eigenvalue weighted by atomic mass is 9.76. The molecular formula is C27H28ClN3O3. The lowest BCUT2D eigenvalue weighted by Gasteiger charge is -2.32. The van der Waals surface area contributed by atoms with Gasteiger partial charge in [0.05, 0.1) is 11.8 Å². The molecular weight excluding hydrogens is 450 g/mol. The van der Waals surface area contributed by atoms with Crippen molar-refractivity contribution in [2.24, 2.45) is 11.8 Å². The number of fused-ring (bicyclic) bond motifs is 4. The van der Waals surface area contributed by atoms with Gasteiger partial charge >= 0.3 is 0 Å². The number of hydrogen-bond donors (Lipinski definition) is 2. The van der Waals surface area contributed by atoms with Crippen molar-refractivity contribution in [1.29, 1.82) is 0 Å². The molecule has 4 aliphatic rings. The maximum Gasteiger partial charge on any atom is 0.250 e. The molecule has 1 saturated carbocycles. The molecule has 2 N–H and O–H groups in total. The molecule has 3 heterocycles. The van der Waals surface area contributed by atoms with Gasteiger partial charge in [-0.25, -0.2) is 0 Å². The van der Waals surface area contributed by atoms with Crippen molar-refractivity contribution in [2.45, 2.75) is 62.6 Å². The molecule has 0 bridgehead atoms. The maximum atomic E-state index is 14.1. The molecule has 7 heteroatoms. The van der Waals surface area contributed by atoms with E-state index >= 15 is 0 Å². The average Bonchev–Trinajstić information content (AvgIpc) is 3.28. The molecule has 1 spiro atoms. The normalized spacial score (nSPS) is 31.0. The molecule has 6 nitrogen and oxygen atoms in total. The third-order valence-electron chi connectivity index (χ3n) is 8.20. The number of rotatable bonds is 3. The maximum absolute atomic E-state index is 14.1. The van der Waals surface area contributed by atoms with E-state index in [0.29, 0.717) is 22.7 Å². The van der Waals surface area contributed by atoms with Crippen LogP contribution < -0.4 is 10.6 Å². The van der Waals surface area contributed by atoms with Gasteiger partial charge in [-0.3, -0.25) is 24.6 Å². The number of halogens is 1. The second-order valence-corrected chi connectivity index (χ2v) is 10.5. The molecule has 0 unspecified atom stereocenters. The first-order valence-electron chi connectivity index (χ1n) is 12.3. The molecule has 3 amide bonds. The van der Waals surface area contributed by atoms with E-state index in [-0.39, 0.29) is 29.8 Å². The van der Waals surface area contributed by atoms with Crippen LogP contribution in [0.3, 0.4) is 0 Å². The van der Waals surface area contributed by atoms with Gasteiger partial charge in [0.2, 0.25) is 17.7 Å². The third kappa shape index (κ3) is 3.15. The summed E-state index contributed by atoms with van der Waals surface area (Å²) in [6, 6.07) is 14.8. The summed E-state index contributed by atoms with van der Waals surface area (Å²) < 4.78 is 0. The van der Waals surface area contributed by atoms with Gasteiger partial charge in [-0.15, -0.1) is 0 Å². The van der Waals surface area contributed by atoms with Gasteiger partial charge in [0.15, 0.2) is 0 Å². The Morgan fingerprint density at radius 3 is 2.41 bits per heavy atom. The number of nitrogens with zero attached hydrogens (tertiary/aromatic N) is 1. The van der Waals surface area contributed by atoms with Gasteiger partial charge in [0, 0.05) is 28.4 Å². The van der Waals surface area contributed by atoms with Gasteiger partial charge in [0.25, 0.3) is 0 Å². The molecule has 2 aromatic rings. The number of imide groups is 1. The van der Waals surface area contributed by atoms with Gasteiger partial charge in [-0.05, 0) is 43.0 Å². The lowest BCUT2D eigenvalue weighted by molar-refractivity contribution is -0.145. The Morgan fingerprint density at radius 1 is 0.941 bits per heavy atom. The fourth-order valence-electron chi connectivity index (χ4n) is 6.72. The predicted molar refractivity (Wildman–Crippen MR) is 129 cm³/mol. The number of hydrogen-bond acceptors (Lipinski definition) is 4. The Hall–Kier alpha value is -2.70. The second-order valence-electron chi connectivity index (χ2n) is 10.1. The monoisotopic (exact) mass is 477 g/mol. The van der Waals surface area contributed by atoms with Crippen LogP contribution in [0.5, 0.6) is 0 Å². The second kappa shape index (κ2) is 8.21. The average molecular weight is 478 g/mol.